The van der Waals surface area contributed by atoms with Crippen LogP contribution in [0.3, 0.4) is 0 Å². The molecule has 2 bridgehead atoms. The van der Waals surface area contributed by atoms with Crippen LogP contribution in [0.25, 0.3) is 0 Å². The normalized spacial score (nSPS) is 34.7. The highest BCUT2D eigenvalue weighted by Crippen LogP contribution is 2.31. The molecule has 0 aromatic carbocycles. The first-order valence-corrected chi connectivity index (χ1v) is 6.14. The van der Waals surface area contributed by atoms with E-state index in [1.54, 1.807) is 18.2 Å². The lowest BCUT2D eigenvalue weighted by molar-refractivity contribution is 0.0606. The average Bonchev–Trinajstić information content (AvgIpc) is 2.63. The zero-order valence-corrected chi connectivity index (χ0v) is 8.75. The Morgan fingerprint density at radius 1 is 1.46 bits per heavy atom. The minimum Gasteiger partial charge on any atom is -0.375 e. The maximum Gasteiger partial charge on any atom is 0.216 e. The third-order valence-corrected chi connectivity index (χ3v) is 5.07. The fourth-order valence-corrected chi connectivity index (χ4v) is 3.42. The van der Waals surface area contributed by atoms with E-state index in [1.807, 2.05) is 0 Å². The molecule has 0 aromatic heterocycles. The molecule has 2 unspecified atom stereocenters. The zero-order chi connectivity index (χ0) is 9.64. The topological polar surface area (TPSA) is 46.6 Å². The van der Waals surface area contributed by atoms with Crippen LogP contribution in [0.2, 0.25) is 0 Å². The van der Waals surface area contributed by atoms with Gasteiger partial charge < -0.3 is 4.74 Å². The predicted molar refractivity (Wildman–Crippen MR) is 48.9 cm³/mol. The second-order valence-electron chi connectivity index (χ2n) is 4.01. The van der Waals surface area contributed by atoms with E-state index in [1.165, 1.54) is 0 Å². The monoisotopic (exact) mass is 205 g/mol. The van der Waals surface area contributed by atoms with Gasteiger partial charge in [0.2, 0.25) is 10.0 Å². The Morgan fingerprint density at radius 2 is 2.15 bits per heavy atom. The molecule has 2 heterocycles. The summed E-state index contributed by atoms with van der Waals surface area (Å²) in [7, 11) is -3.05. The molecule has 0 aliphatic carbocycles. The maximum absolute atomic E-state index is 11.8. The SMILES string of the molecule is CC(C)S(=O)(=O)N1CC2CC1CO2. The summed E-state index contributed by atoms with van der Waals surface area (Å²) < 4.78 is 30.6. The molecule has 2 fully saturated rings. The number of hydrogen-bond acceptors (Lipinski definition) is 3. The molecule has 0 spiro atoms. The minimum atomic E-state index is -3.05. The number of rotatable bonds is 2. The maximum atomic E-state index is 11.8. The van der Waals surface area contributed by atoms with Crippen LogP contribution in [0, 0.1) is 0 Å². The Bertz CT molecular complexity index is 299. The van der Waals surface area contributed by atoms with Gasteiger partial charge in [-0.05, 0) is 20.3 Å². The van der Waals surface area contributed by atoms with E-state index >= 15 is 0 Å². The molecule has 0 saturated carbocycles. The van der Waals surface area contributed by atoms with Crippen molar-refractivity contribution in [1.29, 1.82) is 0 Å². The van der Waals surface area contributed by atoms with Gasteiger partial charge >= 0.3 is 0 Å². The molecule has 76 valence electrons. The van der Waals surface area contributed by atoms with E-state index in [0.717, 1.165) is 6.42 Å². The van der Waals surface area contributed by atoms with Gasteiger partial charge in [0.05, 0.1) is 24.0 Å². The summed E-state index contributed by atoms with van der Waals surface area (Å²) >= 11 is 0. The van der Waals surface area contributed by atoms with Gasteiger partial charge in [-0.15, -0.1) is 0 Å². The summed E-state index contributed by atoms with van der Waals surface area (Å²) in [6.45, 7) is 4.59. The van der Waals surface area contributed by atoms with Crippen LogP contribution >= 0.6 is 0 Å². The molecule has 4 nitrogen and oxygen atoms in total. The molecule has 0 aromatic rings. The third-order valence-electron chi connectivity index (χ3n) is 2.77. The van der Waals surface area contributed by atoms with Crippen molar-refractivity contribution in [2.75, 3.05) is 13.2 Å². The van der Waals surface area contributed by atoms with Gasteiger partial charge in [-0.2, -0.15) is 4.31 Å². The Kier molecular flexibility index (Phi) is 2.13. The molecule has 2 atom stereocenters. The van der Waals surface area contributed by atoms with Crippen LogP contribution in [0.4, 0.5) is 0 Å². The van der Waals surface area contributed by atoms with Crippen molar-refractivity contribution in [1.82, 2.24) is 4.31 Å². The molecule has 0 N–H and O–H groups in total. The van der Waals surface area contributed by atoms with E-state index in [4.69, 9.17) is 4.74 Å². The lowest BCUT2D eigenvalue weighted by atomic mass is 10.3. The summed E-state index contributed by atoms with van der Waals surface area (Å²) in [6, 6.07) is 0.109. The van der Waals surface area contributed by atoms with E-state index in [0.29, 0.717) is 13.2 Å². The fourth-order valence-electron chi connectivity index (χ4n) is 1.95. The molecule has 2 rings (SSSR count). The summed E-state index contributed by atoms with van der Waals surface area (Å²) in [5.74, 6) is 0. The van der Waals surface area contributed by atoms with Gasteiger partial charge in [0.1, 0.15) is 0 Å². The first-order chi connectivity index (χ1) is 6.01. The lowest BCUT2D eigenvalue weighted by Gasteiger charge is -2.27. The Labute approximate surface area is 78.9 Å². The summed E-state index contributed by atoms with van der Waals surface area (Å²) in [5, 5.41) is -0.313. The van der Waals surface area contributed by atoms with E-state index in [2.05, 4.69) is 0 Å². The molecule has 13 heavy (non-hydrogen) atoms. The van der Waals surface area contributed by atoms with Gasteiger partial charge in [-0.3, -0.25) is 0 Å². The second kappa shape index (κ2) is 2.93. The Balaban J connectivity index is 2.19. The number of morpholine rings is 1. The molecule has 0 radical (unpaired) electrons. The van der Waals surface area contributed by atoms with Crippen LogP contribution in [-0.2, 0) is 14.8 Å². The average molecular weight is 205 g/mol. The standard InChI is InChI=1S/C8H15NO3S/c1-6(2)13(10,11)9-4-8-3-7(9)5-12-8/h6-8H,3-5H2,1-2H3. The second-order valence-corrected chi connectivity index (χ2v) is 6.45. The summed E-state index contributed by atoms with van der Waals surface area (Å²) in [5.41, 5.74) is 0. The number of fused-ring (bicyclic) bond motifs is 2. The first-order valence-electron chi connectivity index (χ1n) is 4.64. The molecular weight excluding hydrogens is 190 g/mol. The van der Waals surface area contributed by atoms with Crippen molar-refractivity contribution in [3.05, 3.63) is 0 Å². The van der Waals surface area contributed by atoms with Crippen molar-refractivity contribution < 1.29 is 13.2 Å². The van der Waals surface area contributed by atoms with Gasteiger partial charge in [0.25, 0.3) is 0 Å². The van der Waals surface area contributed by atoms with Crippen molar-refractivity contribution >= 4 is 10.0 Å². The van der Waals surface area contributed by atoms with Crippen molar-refractivity contribution in [2.24, 2.45) is 0 Å². The summed E-state index contributed by atoms with van der Waals surface area (Å²) in [4.78, 5) is 0. The van der Waals surface area contributed by atoms with Crippen molar-refractivity contribution in [3.63, 3.8) is 0 Å². The first kappa shape index (κ1) is 9.43. The number of hydrogen-bond donors (Lipinski definition) is 0. The largest absolute Gasteiger partial charge is 0.375 e. The van der Waals surface area contributed by atoms with Crippen molar-refractivity contribution in [3.8, 4) is 0 Å². The van der Waals surface area contributed by atoms with Gasteiger partial charge in [0, 0.05) is 6.54 Å². The molecular formula is C8H15NO3S. The van der Waals surface area contributed by atoms with Crippen LogP contribution < -0.4 is 0 Å². The van der Waals surface area contributed by atoms with E-state index in [9.17, 15) is 8.42 Å². The molecule has 2 saturated heterocycles. The van der Waals surface area contributed by atoms with Crippen LogP contribution in [-0.4, -0.2) is 43.3 Å². The molecule has 0 amide bonds. The third kappa shape index (κ3) is 1.39. The summed E-state index contributed by atoms with van der Waals surface area (Å²) in [6.07, 6.45) is 1.03. The quantitative estimate of drug-likeness (QED) is 0.647. The van der Waals surface area contributed by atoms with Gasteiger partial charge in [-0.25, -0.2) is 8.42 Å². The Hall–Kier alpha value is -0.130. The van der Waals surface area contributed by atoms with E-state index in [-0.39, 0.29) is 17.4 Å². The Morgan fingerprint density at radius 3 is 2.54 bits per heavy atom. The lowest BCUT2D eigenvalue weighted by Crippen LogP contribution is -2.44. The van der Waals surface area contributed by atoms with Gasteiger partial charge in [0.15, 0.2) is 0 Å². The fraction of sp³-hybridized carbons (Fsp3) is 1.00. The highest BCUT2D eigenvalue weighted by atomic mass is 32.2. The van der Waals surface area contributed by atoms with Crippen LogP contribution in [0.5, 0.6) is 0 Å². The highest BCUT2D eigenvalue weighted by Gasteiger charge is 2.45. The number of sulfonamides is 1. The van der Waals surface area contributed by atoms with Crippen LogP contribution in [0.15, 0.2) is 0 Å². The zero-order valence-electron chi connectivity index (χ0n) is 7.93. The number of ether oxygens (including phenoxy) is 1. The smallest absolute Gasteiger partial charge is 0.216 e. The predicted octanol–water partition coefficient (Wildman–Crippen LogP) is 0.198. The van der Waals surface area contributed by atoms with Crippen molar-refractivity contribution in [2.45, 2.75) is 37.7 Å². The number of nitrogens with zero attached hydrogens (tertiary/aromatic N) is 1. The molecule has 2 aliphatic rings. The minimum absolute atomic E-state index is 0.109. The molecule has 5 heteroatoms. The molecule has 2 aliphatic heterocycles. The highest BCUT2D eigenvalue weighted by molar-refractivity contribution is 7.89. The van der Waals surface area contributed by atoms with Crippen LogP contribution in [0.1, 0.15) is 20.3 Å². The van der Waals surface area contributed by atoms with Gasteiger partial charge in [-0.1, -0.05) is 0 Å². The van der Waals surface area contributed by atoms with E-state index < -0.39 is 10.0 Å².